The molecule has 1 aromatic rings. The fourth-order valence-electron chi connectivity index (χ4n) is 1.93. The van der Waals surface area contributed by atoms with Crippen molar-refractivity contribution in [3.63, 3.8) is 0 Å². The van der Waals surface area contributed by atoms with Gasteiger partial charge in [0.2, 0.25) is 0 Å². The third kappa shape index (κ3) is 5.82. The van der Waals surface area contributed by atoms with Crippen LogP contribution in [-0.2, 0) is 20.9 Å². The lowest BCUT2D eigenvalue weighted by Crippen LogP contribution is -2.45. The third-order valence-electron chi connectivity index (χ3n) is 3.70. The fourth-order valence-corrected chi connectivity index (χ4v) is 1.93. The number of ether oxygens (including phenoxy) is 1. The molecular weight excluding hydrogens is 325 g/mol. The second-order valence-corrected chi connectivity index (χ2v) is 5.88. The normalized spacial score (nSPS) is 12.8. The number of hydrogen-bond acceptors (Lipinski definition) is 4. The van der Waals surface area contributed by atoms with E-state index in [0.717, 1.165) is 5.56 Å². The standard InChI is InChI=1S/C16H21F3N2O3/c1-10(2)12(4)21(8-13-11(3)6-5-7-20-13)14(22)15(23)24-9-16(17,18)19/h5-7,10,12H,8-9H2,1-4H3. The van der Waals surface area contributed by atoms with E-state index in [1.807, 2.05) is 13.8 Å². The van der Waals surface area contributed by atoms with E-state index in [1.165, 1.54) is 4.90 Å². The number of alkyl halides is 3. The summed E-state index contributed by atoms with van der Waals surface area (Å²) in [5.41, 5.74) is 1.39. The van der Waals surface area contributed by atoms with Crippen LogP contribution in [0.3, 0.4) is 0 Å². The van der Waals surface area contributed by atoms with Crippen molar-refractivity contribution < 1.29 is 27.5 Å². The lowest BCUT2D eigenvalue weighted by atomic mass is 10.0. The van der Waals surface area contributed by atoms with E-state index >= 15 is 0 Å². The first-order chi connectivity index (χ1) is 11.0. The number of hydrogen-bond donors (Lipinski definition) is 0. The first-order valence-electron chi connectivity index (χ1n) is 7.48. The van der Waals surface area contributed by atoms with Crippen molar-refractivity contribution in [1.29, 1.82) is 0 Å². The molecule has 0 spiro atoms. The van der Waals surface area contributed by atoms with Crippen LogP contribution in [0.2, 0.25) is 0 Å². The van der Waals surface area contributed by atoms with Gasteiger partial charge in [0, 0.05) is 12.2 Å². The van der Waals surface area contributed by atoms with Gasteiger partial charge in [-0.2, -0.15) is 13.2 Å². The first kappa shape index (κ1) is 19.9. The number of halogens is 3. The molecule has 1 amide bonds. The molecule has 1 atom stereocenters. The minimum Gasteiger partial charge on any atom is -0.449 e. The molecule has 0 bridgehead atoms. The zero-order chi connectivity index (χ0) is 18.5. The maximum atomic E-state index is 12.3. The van der Waals surface area contributed by atoms with Gasteiger partial charge in [0.15, 0.2) is 6.61 Å². The van der Waals surface area contributed by atoms with Gasteiger partial charge >= 0.3 is 18.1 Å². The van der Waals surface area contributed by atoms with Gasteiger partial charge < -0.3 is 9.64 Å². The van der Waals surface area contributed by atoms with Gasteiger partial charge in [-0.1, -0.05) is 19.9 Å². The van der Waals surface area contributed by atoms with Crippen LogP contribution in [0.4, 0.5) is 13.2 Å². The predicted molar refractivity (Wildman–Crippen MR) is 80.8 cm³/mol. The quantitative estimate of drug-likeness (QED) is 0.608. The van der Waals surface area contributed by atoms with Crippen LogP contribution in [0, 0.1) is 12.8 Å². The van der Waals surface area contributed by atoms with Gasteiger partial charge in [-0.25, -0.2) is 4.79 Å². The smallest absolute Gasteiger partial charge is 0.422 e. The van der Waals surface area contributed by atoms with Gasteiger partial charge in [-0.15, -0.1) is 0 Å². The molecule has 1 rings (SSSR count). The minimum atomic E-state index is -4.68. The van der Waals surface area contributed by atoms with Crippen molar-refractivity contribution in [2.45, 2.75) is 46.5 Å². The van der Waals surface area contributed by atoms with E-state index in [-0.39, 0.29) is 18.5 Å². The third-order valence-corrected chi connectivity index (χ3v) is 3.70. The van der Waals surface area contributed by atoms with Crippen molar-refractivity contribution in [2.75, 3.05) is 6.61 Å². The molecule has 5 nitrogen and oxygen atoms in total. The highest BCUT2D eigenvalue weighted by molar-refractivity contribution is 6.32. The maximum Gasteiger partial charge on any atom is 0.422 e. The van der Waals surface area contributed by atoms with E-state index in [2.05, 4.69) is 9.72 Å². The molecule has 0 N–H and O–H groups in total. The number of rotatable bonds is 5. The number of pyridine rings is 1. The molecule has 0 aliphatic heterocycles. The SMILES string of the molecule is Cc1cccnc1CN(C(=O)C(=O)OCC(F)(F)F)C(C)C(C)C. The van der Waals surface area contributed by atoms with E-state index in [1.54, 1.807) is 32.2 Å². The molecular formula is C16H21F3N2O3. The van der Waals surface area contributed by atoms with Crippen LogP contribution in [0.25, 0.3) is 0 Å². The summed E-state index contributed by atoms with van der Waals surface area (Å²) in [6.45, 7) is 5.44. The number of carbonyl (C=O) groups is 2. The van der Waals surface area contributed by atoms with Crippen LogP contribution < -0.4 is 0 Å². The van der Waals surface area contributed by atoms with Crippen LogP contribution in [0.15, 0.2) is 18.3 Å². The number of nitrogens with zero attached hydrogens (tertiary/aromatic N) is 2. The summed E-state index contributed by atoms with van der Waals surface area (Å²) in [5.74, 6) is -2.63. The van der Waals surface area contributed by atoms with Crippen molar-refractivity contribution in [2.24, 2.45) is 5.92 Å². The summed E-state index contributed by atoms with van der Waals surface area (Å²) in [5, 5.41) is 0. The highest BCUT2D eigenvalue weighted by Crippen LogP contribution is 2.18. The van der Waals surface area contributed by atoms with Gasteiger partial charge in [-0.3, -0.25) is 9.78 Å². The topological polar surface area (TPSA) is 59.5 Å². The second kappa shape index (κ2) is 8.12. The molecule has 0 aliphatic rings. The van der Waals surface area contributed by atoms with Crippen molar-refractivity contribution >= 4 is 11.9 Å². The molecule has 0 saturated heterocycles. The Morgan fingerprint density at radius 1 is 1.29 bits per heavy atom. The molecule has 0 fully saturated rings. The van der Waals surface area contributed by atoms with E-state index < -0.39 is 24.7 Å². The Morgan fingerprint density at radius 2 is 1.92 bits per heavy atom. The largest absolute Gasteiger partial charge is 0.449 e. The van der Waals surface area contributed by atoms with E-state index in [4.69, 9.17) is 0 Å². The van der Waals surface area contributed by atoms with Crippen LogP contribution in [0.1, 0.15) is 32.0 Å². The first-order valence-corrected chi connectivity index (χ1v) is 7.48. The summed E-state index contributed by atoms with van der Waals surface area (Å²) in [4.78, 5) is 29.3. The van der Waals surface area contributed by atoms with Gasteiger partial charge in [-0.05, 0) is 31.4 Å². The Kier molecular flexibility index (Phi) is 6.74. The van der Waals surface area contributed by atoms with Crippen LogP contribution >= 0.6 is 0 Å². The number of carbonyl (C=O) groups excluding carboxylic acids is 2. The van der Waals surface area contributed by atoms with Crippen LogP contribution in [-0.4, -0.2) is 40.6 Å². The number of amides is 1. The number of esters is 1. The van der Waals surface area contributed by atoms with Crippen molar-refractivity contribution in [1.82, 2.24) is 9.88 Å². The predicted octanol–water partition coefficient (Wildman–Crippen LogP) is 2.87. The molecule has 8 heteroatoms. The molecule has 0 aliphatic carbocycles. The molecule has 0 saturated carbocycles. The Morgan fingerprint density at radius 3 is 2.42 bits per heavy atom. The van der Waals surface area contributed by atoms with Gasteiger partial charge in [0.25, 0.3) is 0 Å². The molecule has 134 valence electrons. The highest BCUT2D eigenvalue weighted by atomic mass is 19.4. The maximum absolute atomic E-state index is 12.3. The highest BCUT2D eigenvalue weighted by Gasteiger charge is 2.34. The Bertz CT molecular complexity index is 588. The zero-order valence-electron chi connectivity index (χ0n) is 14.1. The fraction of sp³-hybridized carbons (Fsp3) is 0.562. The Balaban J connectivity index is 2.95. The minimum absolute atomic E-state index is 0.00613. The van der Waals surface area contributed by atoms with Gasteiger partial charge in [0.1, 0.15) is 0 Å². The molecule has 24 heavy (non-hydrogen) atoms. The summed E-state index contributed by atoms with van der Waals surface area (Å²) < 4.78 is 40.5. The lowest BCUT2D eigenvalue weighted by Gasteiger charge is -2.31. The number of aryl methyl sites for hydroxylation is 1. The monoisotopic (exact) mass is 346 g/mol. The molecule has 1 unspecified atom stereocenters. The van der Waals surface area contributed by atoms with E-state index in [9.17, 15) is 22.8 Å². The van der Waals surface area contributed by atoms with Crippen molar-refractivity contribution in [3.05, 3.63) is 29.6 Å². The summed E-state index contributed by atoms with van der Waals surface area (Å²) in [6, 6.07) is 3.15. The second-order valence-electron chi connectivity index (χ2n) is 5.88. The average Bonchev–Trinajstić information content (AvgIpc) is 2.49. The molecule has 1 aromatic heterocycles. The summed E-state index contributed by atoms with van der Waals surface area (Å²) in [6.07, 6.45) is -3.13. The molecule has 0 aromatic carbocycles. The lowest BCUT2D eigenvalue weighted by molar-refractivity contribution is -0.190. The summed E-state index contributed by atoms with van der Waals surface area (Å²) >= 11 is 0. The van der Waals surface area contributed by atoms with Crippen molar-refractivity contribution in [3.8, 4) is 0 Å². The Hall–Kier alpha value is -2.12. The van der Waals surface area contributed by atoms with E-state index in [0.29, 0.717) is 5.69 Å². The number of aromatic nitrogens is 1. The Labute approximate surface area is 138 Å². The van der Waals surface area contributed by atoms with Gasteiger partial charge in [0.05, 0.1) is 12.2 Å². The zero-order valence-corrected chi connectivity index (χ0v) is 14.1. The average molecular weight is 346 g/mol. The molecule has 0 radical (unpaired) electrons. The molecule has 1 heterocycles. The summed E-state index contributed by atoms with van der Waals surface area (Å²) in [7, 11) is 0. The van der Waals surface area contributed by atoms with Crippen LogP contribution in [0.5, 0.6) is 0 Å².